The molecule has 4 nitrogen and oxygen atoms in total. The zero-order chi connectivity index (χ0) is 8.97. The molecular formula is C7H13BO4. The summed E-state index contributed by atoms with van der Waals surface area (Å²) in [5.41, 5.74) is 0. The van der Waals surface area contributed by atoms with Crippen molar-refractivity contribution in [1.29, 1.82) is 0 Å². The Morgan fingerprint density at radius 2 is 2.17 bits per heavy atom. The second kappa shape index (κ2) is 4.82. The van der Waals surface area contributed by atoms with Crippen LogP contribution in [0.25, 0.3) is 0 Å². The topological polar surface area (TPSA) is 36.9 Å². The van der Waals surface area contributed by atoms with Crippen molar-refractivity contribution in [2.75, 3.05) is 27.6 Å². The summed E-state index contributed by atoms with van der Waals surface area (Å²) in [5, 5.41) is 0. The fourth-order valence-electron chi connectivity index (χ4n) is 1.20. The van der Waals surface area contributed by atoms with E-state index in [9.17, 15) is 0 Å². The molecule has 68 valence electrons. The van der Waals surface area contributed by atoms with Crippen LogP contribution in [0.1, 0.15) is 0 Å². The van der Waals surface area contributed by atoms with Gasteiger partial charge < -0.3 is 18.9 Å². The van der Waals surface area contributed by atoms with Crippen molar-refractivity contribution in [3.05, 3.63) is 0 Å². The molecule has 3 unspecified atom stereocenters. The lowest BCUT2D eigenvalue weighted by molar-refractivity contribution is -0.224. The van der Waals surface area contributed by atoms with Crippen LogP contribution in [0.15, 0.2) is 0 Å². The van der Waals surface area contributed by atoms with Crippen molar-refractivity contribution >= 4 is 7.85 Å². The van der Waals surface area contributed by atoms with Crippen LogP contribution in [0.2, 0.25) is 0 Å². The molecule has 0 aliphatic carbocycles. The third-order valence-electron chi connectivity index (χ3n) is 1.84. The van der Waals surface area contributed by atoms with Crippen LogP contribution in [-0.2, 0) is 18.9 Å². The molecule has 0 N–H and O–H groups in total. The van der Waals surface area contributed by atoms with Crippen molar-refractivity contribution in [3.63, 3.8) is 0 Å². The Hall–Kier alpha value is -0.0951. The second-order valence-corrected chi connectivity index (χ2v) is 2.61. The molecule has 5 heteroatoms. The molecule has 0 aromatic rings. The molecule has 12 heavy (non-hydrogen) atoms. The fraction of sp³-hybridized carbons (Fsp3) is 1.00. The van der Waals surface area contributed by atoms with E-state index in [1.54, 1.807) is 14.2 Å². The van der Waals surface area contributed by atoms with Crippen LogP contribution in [0, 0.1) is 0 Å². The van der Waals surface area contributed by atoms with Crippen molar-refractivity contribution in [2.45, 2.75) is 18.2 Å². The minimum atomic E-state index is -0.427. The lowest BCUT2D eigenvalue weighted by Gasteiger charge is -2.35. The summed E-state index contributed by atoms with van der Waals surface area (Å²) in [6, 6.07) is -0.427. The maximum atomic E-state index is 5.63. The summed E-state index contributed by atoms with van der Waals surface area (Å²) in [6.45, 7) is 0.671. The van der Waals surface area contributed by atoms with Gasteiger partial charge in [-0.2, -0.15) is 0 Å². The van der Waals surface area contributed by atoms with Gasteiger partial charge in [0.25, 0.3) is 0 Å². The Kier molecular flexibility index (Phi) is 4.01. The highest BCUT2D eigenvalue weighted by molar-refractivity contribution is 6.11. The van der Waals surface area contributed by atoms with Crippen LogP contribution in [0.4, 0.5) is 0 Å². The molecule has 0 aromatic carbocycles. The molecule has 3 atom stereocenters. The normalized spacial score (nSPS) is 36.7. The predicted octanol–water partition coefficient (Wildman–Crippen LogP) is -0.485. The van der Waals surface area contributed by atoms with Gasteiger partial charge in [0.1, 0.15) is 26.8 Å². The van der Waals surface area contributed by atoms with Gasteiger partial charge in [-0.15, -0.1) is 0 Å². The first-order valence-electron chi connectivity index (χ1n) is 3.80. The zero-order valence-electron chi connectivity index (χ0n) is 7.36. The third kappa shape index (κ3) is 2.20. The molecule has 1 rings (SSSR count). The molecule has 0 saturated carbocycles. The van der Waals surface area contributed by atoms with Gasteiger partial charge in [-0.1, -0.05) is 0 Å². The minimum absolute atomic E-state index is 0.135. The highest BCUT2D eigenvalue weighted by Gasteiger charge is 2.31. The van der Waals surface area contributed by atoms with Crippen molar-refractivity contribution in [2.24, 2.45) is 0 Å². The van der Waals surface area contributed by atoms with Gasteiger partial charge in [-0.05, 0) is 0 Å². The standard InChI is InChI=1S/C7H13BO4/c1-9-3-5-6(10-2)7(8)12-4-11-5/h5-7H,3-4H2,1-2H3. The van der Waals surface area contributed by atoms with Crippen molar-refractivity contribution in [1.82, 2.24) is 0 Å². The van der Waals surface area contributed by atoms with E-state index in [4.69, 9.17) is 26.8 Å². The predicted molar refractivity (Wildman–Crippen MR) is 43.0 cm³/mol. The van der Waals surface area contributed by atoms with E-state index in [-0.39, 0.29) is 19.0 Å². The van der Waals surface area contributed by atoms with Gasteiger partial charge in [-0.25, -0.2) is 0 Å². The average molecular weight is 172 g/mol. The number of ether oxygens (including phenoxy) is 4. The lowest BCUT2D eigenvalue weighted by atomic mass is 9.90. The van der Waals surface area contributed by atoms with Crippen LogP contribution >= 0.6 is 0 Å². The zero-order valence-corrected chi connectivity index (χ0v) is 7.36. The van der Waals surface area contributed by atoms with Gasteiger partial charge >= 0.3 is 0 Å². The van der Waals surface area contributed by atoms with Crippen LogP contribution in [0.5, 0.6) is 0 Å². The van der Waals surface area contributed by atoms with E-state index >= 15 is 0 Å². The van der Waals surface area contributed by atoms with E-state index in [2.05, 4.69) is 0 Å². The Morgan fingerprint density at radius 3 is 2.75 bits per heavy atom. The quantitative estimate of drug-likeness (QED) is 0.538. The summed E-state index contributed by atoms with van der Waals surface area (Å²) in [5.74, 6) is 0. The van der Waals surface area contributed by atoms with E-state index in [0.29, 0.717) is 6.61 Å². The maximum Gasteiger partial charge on any atom is 0.146 e. The Bertz CT molecular complexity index is 131. The van der Waals surface area contributed by atoms with E-state index < -0.39 is 6.00 Å². The van der Waals surface area contributed by atoms with E-state index in [0.717, 1.165) is 0 Å². The average Bonchev–Trinajstić information content (AvgIpc) is 2.05. The molecule has 1 fully saturated rings. The highest BCUT2D eigenvalue weighted by atomic mass is 16.7. The lowest BCUT2D eigenvalue weighted by Crippen LogP contribution is -2.49. The van der Waals surface area contributed by atoms with Crippen LogP contribution < -0.4 is 0 Å². The SMILES string of the molecule is [B]C1OCOC(COC)C1OC. The summed E-state index contributed by atoms with van der Waals surface area (Å²) >= 11 is 0. The third-order valence-corrected chi connectivity index (χ3v) is 1.84. The summed E-state index contributed by atoms with van der Waals surface area (Å²) in [7, 11) is 8.81. The first-order valence-corrected chi connectivity index (χ1v) is 3.80. The molecule has 1 saturated heterocycles. The van der Waals surface area contributed by atoms with Gasteiger partial charge in [0.15, 0.2) is 0 Å². The van der Waals surface area contributed by atoms with Gasteiger partial charge in [0.05, 0.1) is 6.61 Å². The van der Waals surface area contributed by atoms with Gasteiger partial charge in [-0.3, -0.25) is 0 Å². The first-order chi connectivity index (χ1) is 5.79. The van der Waals surface area contributed by atoms with Gasteiger partial charge in [0.2, 0.25) is 0 Å². The molecule has 2 radical (unpaired) electrons. The molecule has 0 spiro atoms. The largest absolute Gasteiger partial charge is 0.382 e. The molecule has 1 aliphatic heterocycles. The van der Waals surface area contributed by atoms with E-state index in [1.807, 2.05) is 0 Å². The maximum absolute atomic E-state index is 5.63. The van der Waals surface area contributed by atoms with Crippen molar-refractivity contribution in [3.8, 4) is 0 Å². The number of methoxy groups -OCH3 is 2. The van der Waals surface area contributed by atoms with Crippen molar-refractivity contribution < 1.29 is 18.9 Å². The minimum Gasteiger partial charge on any atom is -0.382 e. The molecular weight excluding hydrogens is 159 g/mol. The molecule has 0 bridgehead atoms. The number of rotatable bonds is 3. The summed E-state index contributed by atoms with van der Waals surface area (Å²) in [6.07, 6.45) is -0.387. The van der Waals surface area contributed by atoms with E-state index in [1.165, 1.54) is 0 Å². The second-order valence-electron chi connectivity index (χ2n) is 2.61. The Labute approximate surface area is 73.5 Å². The Morgan fingerprint density at radius 1 is 1.42 bits per heavy atom. The molecule has 0 amide bonds. The molecule has 1 heterocycles. The summed E-state index contributed by atoms with van der Waals surface area (Å²) < 4.78 is 20.3. The summed E-state index contributed by atoms with van der Waals surface area (Å²) in [4.78, 5) is 0. The Balaban J connectivity index is 2.45. The van der Waals surface area contributed by atoms with Gasteiger partial charge in [0, 0.05) is 20.2 Å². The highest BCUT2D eigenvalue weighted by Crippen LogP contribution is 2.15. The first kappa shape index (κ1) is 9.99. The smallest absolute Gasteiger partial charge is 0.146 e. The number of hydrogen-bond donors (Lipinski definition) is 0. The molecule has 1 aliphatic rings. The number of hydrogen-bond acceptors (Lipinski definition) is 4. The fourth-order valence-corrected chi connectivity index (χ4v) is 1.20. The van der Waals surface area contributed by atoms with Crippen LogP contribution in [0.3, 0.4) is 0 Å². The van der Waals surface area contributed by atoms with Crippen LogP contribution in [-0.4, -0.2) is 53.7 Å². The molecule has 0 aromatic heterocycles. The monoisotopic (exact) mass is 172 g/mol.